The van der Waals surface area contributed by atoms with Crippen LogP contribution in [-0.2, 0) is 4.79 Å². The summed E-state index contributed by atoms with van der Waals surface area (Å²) in [6, 6.07) is 10.4. The van der Waals surface area contributed by atoms with Crippen molar-refractivity contribution < 1.29 is 4.79 Å². The number of Topliss-reactive ketones (excluding diaryl/α,β-unsaturated/α-hetero) is 1. The third kappa shape index (κ3) is 2.79. The third-order valence-electron chi connectivity index (χ3n) is 2.92. The van der Waals surface area contributed by atoms with Crippen molar-refractivity contribution in [2.24, 2.45) is 0 Å². The molecule has 2 rings (SSSR count). The van der Waals surface area contributed by atoms with Gasteiger partial charge in [0, 0.05) is 18.8 Å². The van der Waals surface area contributed by atoms with E-state index in [0.717, 1.165) is 25.7 Å². The number of allylic oxidation sites excluding steroid dienone is 2. The summed E-state index contributed by atoms with van der Waals surface area (Å²) in [6.45, 7) is 0. The molecular weight excluding hydrogens is 184 g/mol. The van der Waals surface area contributed by atoms with E-state index >= 15 is 0 Å². The summed E-state index contributed by atoms with van der Waals surface area (Å²) in [4.78, 5) is 11.4. The second-order valence-corrected chi connectivity index (χ2v) is 4.06. The number of benzene rings is 1. The van der Waals surface area contributed by atoms with E-state index in [1.807, 2.05) is 6.07 Å². The Balaban J connectivity index is 2.14. The first-order valence-electron chi connectivity index (χ1n) is 5.59. The number of ketones is 1. The zero-order valence-electron chi connectivity index (χ0n) is 8.86. The smallest absolute Gasteiger partial charge is 0.133 e. The van der Waals surface area contributed by atoms with E-state index in [0.29, 0.717) is 11.7 Å². The van der Waals surface area contributed by atoms with Crippen molar-refractivity contribution in [3.63, 3.8) is 0 Å². The summed E-state index contributed by atoms with van der Waals surface area (Å²) >= 11 is 0. The first-order chi connectivity index (χ1) is 7.36. The second kappa shape index (κ2) is 4.92. The highest BCUT2D eigenvalue weighted by molar-refractivity contribution is 5.78. The quantitative estimate of drug-likeness (QED) is 0.634. The lowest BCUT2D eigenvalue weighted by atomic mass is 9.90. The minimum Gasteiger partial charge on any atom is -0.300 e. The average Bonchev–Trinajstić information content (AvgIpc) is 2.25. The van der Waals surface area contributed by atoms with Gasteiger partial charge in [0.05, 0.1) is 0 Å². The van der Waals surface area contributed by atoms with Crippen molar-refractivity contribution >= 4 is 5.78 Å². The van der Waals surface area contributed by atoms with Gasteiger partial charge >= 0.3 is 0 Å². The molecule has 0 aromatic heterocycles. The molecule has 0 saturated heterocycles. The molecule has 0 saturated carbocycles. The number of hydrogen-bond acceptors (Lipinski definition) is 1. The molecule has 0 fully saturated rings. The van der Waals surface area contributed by atoms with Gasteiger partial charge in [0.15, 0.2) is 0 Å². The molecule has 1 aliphatic rings. The monoisotopic (exact) mass is 200 g/mol. The van der Waals surface area contributed by atoms with Crippen molar-refractivity contribution in [3.8, 4) is 0 Å². The van der Waals surface area contributed by atoms with Gasteiger partial charge in [0.25, 0.3) is 0 Å². The summed E-state index contributed by atoms with van der Waals surface area (Å²) in [7, 11) is 0. The van der Waals surface area contributed by atoms with Gasteiger partial charge in [-0.25, -0.2) is 0 Å². The van der Waals surface area contributed by atoms with Crippen LogP contribution in [0.1, 0.15) is 37.2 Å². The molecule has 1 aromatic carbocycles. The lowest BCUT2D eigenvalue weighted by Crippen LogP contribution is -2.04. The van der Waals surface area contributed by atoms with E-state index in [9.17, 15) is 4.79 Å². The van der Waals surface area contributed by atoms with Crippen molar-refractivity contribution in [3.05, 3.63) is 48.0 Å². The van der Waals surface area contributed by atoms with Gasteiger partial charge in [-0.15, -0.1) is 0 Å². The van der Waals surface area contributed by atoms with Gasteiger partial charge in [-0.2, -0.15) is 0 Å². The maximum atomic E-state index is 11.4. The Labute approximate surface area is 90.8 Å². The van der Waals surface area contributed by atoms with E-state index < -0.39 is 0 Å². The van der Waals surface area contributed by atoms with E-state index in [2.05, 4.69) is 36.4 Å². The molecule has 0 spiro atoms. The van der Waals surface area contributed by atoms with E-state index in [1.165, 1.54) is 5.56 Å². The molecule has 1 heteroatoms. The molecule has 1 atom stereocenters. The molecule has 0 radical (unpaired) electrons. The Hall–Kier alpha value is -1.37. The highest BCUT2D eigenvalue weighted by Gasteiger charge is 2.12. The Morgan fingerprint density at radius 1 is 1.07 bits per heavy atom. The van der Waals surface area contributed by atoms with Crippen LogP contribution in [0.25, 0.3) is 0 Å². The van der Waals surface area contributed by atoms with Crippen molar-refractivity contribution in [2.45, 2.75) is 31.6 Å². The van der Waals surface area contributed by atoms with Crippen molar-refractivity contribution in [2.75, 3.05) is 0 Å². The third-order valence-corrected chi connectivity index (χ3v) is 2.92. The first kappa shape index (κ1) is 10.2. The van der Waals surface area contributed by atoms with Crippen LogP contribution in [0.2, 0.25) is 0 Å². The maximum absolute atomic E-state index is 11.4. The fraction of sp³-hybridized carbons (Fsp3) is 0.357. The molecular formula is C14H16O. The maximum Gasteiger partial charge on any atom is 0.133 e. The minimum atomic E-state index is 0.403. The molecule has 1 aliphatic carbocycles. The lowest BCUT2D eigenvalue weighted by Gasteiger charge is -2.14. The topological polar surface area (TPSA) is 17.1 Å². The number of rotatable bonds is 1. The molecule has 15 heavy (non-hydrogen) atoms. The Morgan fingerprint density at radius 3 is 2.67 bits per heavy atom. The summed E-state index contributed by atoms with van der Waals surface area (Å²) in [6.07, 6.45) is 7.71. The van der Waals surface area contributed by atoms with E-state index in [4.69, 9.17) is 0 Å². The van der Waals surface area contributed by atoms with Gasteiger partial charge in [0.2, 0.25) is 0 Å². The minimum absolute atomic E-state index is 0.403. The summed E-state index contributed by atoms with van der Waals surface area (Å²) in [5.74, 6) is 0.829. The predicted octanol–water partition coefficient (Wildman–Crippen LogP) is 3.47. The highest BCUT2D eigenvalue weighted by atomic mass is 16.1. The van der Waals surface area contributed by atoms with Crippen LogP contribution >= 0.6 is 0 Å². The zero-order valence-corrected chi connectivity index (χ0v) is 8.86. The SMILES string of the molecule is O=C1CC/C=C\C(c2ccccc2)CC1. The average molecular weight is 200 g/mol. The fourth-order valence-corrected chi connectivity index (χ4v) is 2.02. The number of carbonyl (C=O) groups excluding carboxylic acids is 1. The molecule has 0 N–H and O–H groups in total. The molecule has 1 aromatic rings. The second-order valence-electron chi connectivity index (χ2n) is 4.06. The predicted molar refractivity (Wildman–Crippen MR) is 61.8 cm³/mol. The molecule has 78 valence electrons. The van der Waals surface area contributed by atoms with E-state index in [1.54, 1.807) is 0 Å². The van der Waals surface area contributed by atoms with Crippen LogP contribution in [0, 0.1) is 0 Å². The van der Waals surface area contributed by atoms with E-state index in [-0.39, 0.29) is 0 Å². The Bertz CT molecular complexity index is 351. The van der Waals surface area contributed by atoms with Crippen molar-refractivity contribution in [1.82, 2.24) is 0 Å². The fourth-order valence-electron chi connectivity index (χ4n) is 2.02. The molecule has 0 amide bonds. The highest BCUT2D eigenvalue weighted by Crippen LogP contribution is 2.25. The summed E-state index contributed by atoms with van der Waals surface area (Å²) in [5.41, 5.74) is 1.32. The van der Waals surface area contributed by atoms with Gasteiger partial charge in [-0.1, -0.05) is 42.5 Å². The van der Waals surface area contributed by atoms with Gasteiger partial charge in [-0.05, 0) is 18.4 Å². The molecule has 0 aliphatic heterocycles. The molecule has 0 bridgehead atoms. The van der Waals surface area contributed by atoms with Gasteiger partial charge < -0.3 is 0 Å². The van der Waals surface area contributed by atoms with Crippen LogP contribution in [0.4, 0.5) is 0 Å². The summed E-state index contributed by atoms with van der Waals surface area (Å²) in [5, 5.41) is 0. The first-order valence-corrected chi connectivity index (χ1v) is 5.59. The Morgan fingerprint density at radius 2 is 1.87 bits per heavy atom. The van der Waals surface area contributed by atoms with Crippen LogP contribution in [0.5, 0.6) is 0 Å². The lowest BCUT2D eigenvalue weighted by molar-refractivity contribution is -0.119. The molecule has 0 heterocycles. The number of hydrogen-bond donors (Lipinski definition) is 0. The van der Waals surface area contributed by atoms with Crippen molar-refractivity contribution in [1.29, 1.82) is 0 Å². The zero-order chi connectivity index (χ0) is 10.5. The van der Waals surface area contributed by atoms with Gasteiger partial charge in [-0.3, -0.25) is 4.79 Å². The normalized spacial score (nSPS) is 24.3. The standard InChI is InChI=1S/C14H16O/c15-14-9-5-4-8-13(10-11-14)12-6-2-1-3-7-12/h1-4,6-8,13H,5,9-11H2/b8-4-. The summed E-state index contributed by atoms with van der Waals surface area (Å²) < 4.78 is 0. The van der Waals surface area contributed by atoms with Gasteiger partial charge in [0.1, 0.15) is 5.78 Å². The molecule has 1 nitrogen and oxygen atoms in total. The number of carbonyl (C=O) groups is 1. The Kier molecular flexibility index (Phi) is 3.33. The van der Waals surface area contributed by atoms with Crippen LogP contribution in [0.3, 0.4) is 0 Å². The van der Waals surface area contributed by atoms with Crippen LogP contribution in [0.15, 0.2) is 42.5 Å². The largest absolute Gasteiger partial charge is 0.300 e. The van der Waals surface area contributed by atoms with Crippen LogP contribution in [-0.4, -0.2) is 5.78 Å². The van der Waals surface area contributed by atoms with Crippen LogP contribution < -0.4 is 0 Å². The molecule has 1 unspecified atom stereocenters.